The number of benzene rings is 3. The Balaban J connectivity index is 1.55. The second-order valence-corrected chi connectivity index (χ2v) is 8.94. The molecular formula is C22H22N2O4S2. The Kier molecular flexibility index (Phi) is 7.37. The third-order valence-corrected chi connectivity index (χ3v) is 6.40. The topological polar surface area (TPSA) is 84.5 Å². The van der Waals surface area contributed by atoms with E-state index in [-0.39, 0.29) is 16.6 Å². The molecule has 30 heavy (non-hydrogen) atoms. The van der Waals surface area contributed by atoms with Gasteiger partial charge in [-0.25, -0.2) is 8.42 Å². The molecule has 0 fully saturated rings. The summed E-state index contributed by atoms with van der Waals surface area (Å²) in [4.78, 5) is 13.3. The summed E-state index contributed by atoms with van der Waals surface area (Å²) >= 11 is 1.36. The highest BCUT2D eigenvalue weighted by molar-refractivity contribution is 8.00. The van der Waals surface area contributed by atoms with Gasteiger partial charge in [-0.3, -0.25) is 9.52 Å². The lowest BCUT2D eigenvalue weighted by atomic mass is 10.3. The van der Waals surface area contributed by atoms with Gasteiger partial charge < -0.3 is 10.1 Å². The zero-order chi connectivity index (χ0) is 21.4. The molecule has 0 aliphatic heterocycles. The number of hydrogen-bond acceptors (Lipinski definition) is 5. The molecule has 156 valence electrons. The number of hydrogen-bond donors (Lipinski definition) is 2. The molecule has 0 aromatic heterocycles. The number of ether oxygens (including phenoxy) is 1. The Bertz CT molecular complexity index is 1090. The van der Waals surface area contributed by atoms with E-state index in [2.05, 4.69) is 10.0 Å². The fraction of sp³-hybridized carbons (Fsp3) is 0.136. The SMILES string of the molecule is CCOc1ccccc1NC(=O)CSc1ccc(NS(=O)(=O)c2ccccc2)cc1. The number of para-hydroxylation sites is 2. The van der Waals surface area contributed by atoms with Gasteiger partial charge in [0.1, 0.15) is 5.75 Å². The Morgan fingerprint density at radius 1 is 0.933 bits per heavy atom. The lowest BCUT2D eigenvalue weighted by molar-refractivity contribution is -0.113. The van der Waals surface area contributed by atoms with Gasteiger partial charge in [-0.05, 0) is 55.5 Å². The van der Waals surface area contributed by atoms with Crippen molar-refractivity contribution < 1.29 is 17.9 Å². The van der Waals surface area contributed by atoms with Crippen molar-refractivity contribution in [2.24, 2.45) is 0 Å². The Labute approximate surface area is 180 Å². The summed E-state index contributed by atoms with van der Waals surface area (Å²) in [7, 11) is -3.63. The van der Waals surface area contributed by atoms with Crippen molar-refractivity contribution in [1.29, 1.82) is 0 Å². The second-order valence-electron chi connectivity index (χ2n) is 6.21. The van der Waals surface area contributed by atoms with Crippen LogP contribution >= 0.6 is 11.8 Å². The molecule has 2 N–H and O–H groups in total. The van der Waals surface area contributed by atoms with Gasteiger partial charge >= 0.3 is 0 Å². The number of carbonyl (C=O) groups excluding carboxylic acids is 1. The molecule has 0 unspecified atom stereocenters. The highest BCUT2D eigenvalue weighted by Gasteiger charge is 2.13. The van der Waals surface area contributed by atoms with Crippen molar-refractivity contribution in [1.82, 2.24) is 0 Å². The van der Waals surface area contributed by atoms with Crippen LogP contribution in [0.15, 0.2) is 88.7 Å². The maximum Gasteiger partial charge on any atom is 0.261 e. The number of anilines is 2. The molecule has 0 radical (unpaired) electrons. The maximum absolute atomic E-state index is 12.4. The third-order valence-electron chi connectivity index (χ3n) is 3.99. The van der Waals surface area contributed by atoms with Crippen molar-refractivity contribution in [3.63, 3.8) is 0 Å². The maximum atomic E-state index is 12.4. The van der Waals surface area contributed by atoms with Crippen LogP contribution in [-0.2, 0) is 14.8 Å². The molecule has 0 atom stereocenters. The van der Waals surface area contributed by atoms with E-state index in [1.54, 1.807) is 48.5 Å². The minimum Gasteiger partial charge on any atom is -0.492 e. The van der Waals surface area contributed by atoms with Gasteiger partial charge in [-0.2, -0.15) is 0 Å². The Hall–Kier alpha value is -2.97. The fourth-order valence-corrected chi connectivity index (χ4v) is 4.40. The van der Waals surface area contributed by atoms with Crippen LogP contribution in [0.3, 0.4) is 0 Å². The van der Waals surface area contributed by atoms with E-state index in [0.717, 1.165) is 4.90 Å². The first-order valence-corrected chi connectivity index (χ1v) is 11.8. The molecule has 6 nitrogen and oxygen atoms in total. The summed E-state index contributed by atoms with van der Waals surface area (Å²) in [5.41, 5.74) is 1.09. The Morgan fingerprint density at radius 3 is 2.30 bits per heavy atom. The van der Waals surface area contributed by atoms with Gasteiger partial charge in [0.25, 0.3) is 10.0 Å². The number of amides is 1. The van der Waals surface area contributed by atoms with Crippen molar-refractivity contribution >= 4 is 39.1 Å². The van der Waals surface area contributed by atoms with E-state index >= 15 is 0 Å². The first kappa shape index (κ1) is 21.7. The average molecular weight is 443 g/mol. The second kappa shape index (κ2) is 10.2. The first-order chi connectivity index (χ1) is 14.5. The van der Waals surface area contributed by atoms with Crippen LogP contribution in [0.2, 0.25) is 0 Å². The molecule has 0 spiro atoms. The highest BCUT2D eigenvalue weighted by atomic mass is 32.2. The first-order valence-electron chi connectivity index (χ1n) is 9.30. The molecule has 0 aliphatic carbocycles. The molecule has 0 saturated heterocycles. The number of sulfonamides is 1. The molecule has 0 aliphatic rings. The number of carbonyl (C=O) groups is 1. The van der Waals surface area contributed by atoms with Crippen LogP contribution in [0, 0.1) is 0 Å². The number of nitrogens with one attached hydrogen (secondary N) is 2. The number of thioether (sulfide) groups is 1. The van der Waals surface area contributed by atoms with Crippen LogP contribution in [0.25, 0.3) is 0 Å². The predicted molar refractivity (Wildman–Crippen MR) is 121 cm³/mol. The van der Waals surface area contributed by atoms with Crippen LogP contribution in [0.5, 0.6) is 5.75 Å². The Morgan fingerprint density at radius 2 is 1.60 bits per heavy atom. The van der Waals surface area contributed by atoms with Gasteiger partial charge in [-0.1, -0.05) is 30.3 Å². The van der Waals surface area contributed by atoms with Crippen molar-refractivity contribution in [2.45, 2.75) is 16.7 Å². The van der Waals surface area contributed by atoms with Crippen LogP contribution in [0.4, 0.5) is 11.4 Å². The summed E-state index contributed by atoms with van der Waals surface area (Å²) in [5, 5.41) is 2.85. The molecule has 8 heteroatoms. The van der Waals surface area contributed by atoms with Crippen LogP contribution in [0.1, 0.15) is 6.92 Å². The molecular weight excluding hydrogens is 420 g/mol. The van der Waals surface area contributed by atoms with Gasteiger partial charge in [-0.15, -0.1) is 11.8 Å². The molecule has 0 heterocycles. The minimum absolute atomic E-state index is 0.152. The molecule has 0 bridgehead atoms. The van der Waals surface area contributed by atoms with E-state index in [9.17, 15) is 13.2 Å². The predicted octanol–water partition coefficient (Wildman–Crippen LogP) is 4.62. The highest BCUT2D eigenvalue weighted by Crippen LogP contribution is 2.25. The standard InChI is InChI=1S/C22H22N2O4S2/c1-2-28-21-11-7-6-10-20(21)23-22(25)16-29-18-14-12-17(13-15-18)24-30(26,27)19-8-4-3-5-9-19/h3-15,24H,2,16H2,1H3,(H,23,25). The van der Waals surface area contributed by atoms with Crippen molar-refractivity contribution in [3.8, 4) is 5.75 Å². The molecule has 3 rings (SSSR count). The lowest BCUT2D eigenvalue weighted by Crippen LogP contribution is -2.15. The smallest absolute Gasteiger partial charge is 0.261 e. The molecule has 3 aromatic carbocycles. The fourth-order valence-electron chi connectivity index (χ4n) is 2.62. The summed E-state index contributed by atoms with van der Waals surface area (Å²) in [6.07, 6.45) is 0. The average Bonchev–Trinajstić information content (AvgIpc) is 2.75. The zero-order valence-electron chi connectivity index (χ0n) is 16.4. The summed E-state index contributed by atoms with van der Waals surface area (Å²) in [6, 6.07) is 22.4. The summed E-state index contributed by atoms with van der Waals surface area (Å²) in [5.74, 6) is 0.699. The summed E-state index contributed by atoms with van der Waals surface area (Å²) in [6.45, 7) is 2.40. The zero-order valence-corrected chi connectivity index (χ0v) is 18.0. The van der Waals surface area contributed by atoms with E-state index in [1.807, 2.05) is 25.1 Å². The van der Waals surface area contributed by atoms with Gasteiger partial charge in [0.2, 0.25) is 5.91 Å². The van der Waals surface area contributed by atoms with Crippen LogP contribution < -0.4 is 14.8 Å². The summed E-state index contributed by atoms with van der Waals surface area (Å²) < 4.78 is 32.8. The molecule has 1 amide bonds. The molecule has 0 saturated carbocycles. The van der Waals surface area contributed by atoms with E-state index in [1.165, 1.54) is 23.9 Å². The quantitative estimate of drug-likeness (QED) is 0.473. The minimum atomic E-state index is -3.63. The normalized spacial score (nSPS) is 11.0. The van der Waals surface area contributed by atoms with E-state index < -0.39 is 10.0 Å². The monoisotopic (exact) mass is 442 g/mol. The van der Waals surface area contributed by atoms with Gasteiger partial charge in [0.05, 0.1) is 22.9 Å². The third kappa shape index (κ3) is 6.01. The largest absolute Gasteiger partial charge is 0.492 e. The van der Waals surface area contributed by atoms with Crippen molar-refractivity contribution in [2.75, 3.05) is 22.4 Å². The van der Waals surface area contributed by atoms with Gasteiger partial charge in [0, 0.05) is 10.6 Å². The van der Waals surface area contributed by atoms with E-state index in [4.69, 9.17) is 4.74 Å². The van der Waals surface area contributed by atoms with E-state index in [0.29, 0.717) is 23.7 Å². The molecule has 3 aromatic rings. The van der Waals surface area contributed by atoms with Crippen molar-refractivity contribution in [3.05, 3.63) is 78.9 Å². The lowest BCUT2D eigenvalue weighted by Gasteiger charge is -2.11. The van der Waals surface area contributed by atoms with Gasteiger partial charge in [0.15, 0.2) is 0 Å². The van der Waals surface area contributed by atoms with Crippen LogP contribution in [-0.4, -0.2) is 26.7 Å². The number of rotatable bonds is 9.